The maximum atomic E-state index is 5.67. The van der Waals surface area contributed by atoms with Crippen molar-refractivity contribution in [2.45, 2.75) is 38.3 Å². The van der Waals surface area contributed by atoms with Crippen molar-refractivity contribution in [2.24, 2.45) is 7.05 Å². The number of ether oxygens (including phenoxy) is 1. The number of aryl methyl sites for hydroxylation is 1. The molecular formula is C11H20N4O. The largest absolute Gasteiger partial charge is 0.378 e. The molecule has 16 heavy (non-hydrogen) atoms. The molecule has 1 aromatic heterocycles. The maximum Gasteiger partial charge on any atom is 0.146 e. The van der Waals surface area contributed by atoms with Crippen LogP contribution in [-0.2, 0) is 18.3 Å². The van der Waals surface area contributed by atoms with Gasteiger partial charge in [-0.1, -0.05) is 0 Å². The molecule has 1 aliphatic rings. The smallest absolute Gasteiger partial charge is 0.146 e. The van der Waals surface area contributed by atoms with Crippen LogP contribution >= 0.6 is 0 Å². The lowest BCUT2D eigenvalue weighted by Crippen LogP contribution is -2.25. The molecule has 1 aliphatic heterocycles. The molecule has 0 aromatic carbocycles. The van der Waals surface area contributed by atoms with Gasteiger partial charge in [-0.15, -0.1) is 10.2 Å². The molecule has 2 heterocycles. The van der Waals surface area contributed by atoms with Crippen molar-refractivity contribution in [1.82, 2.24) is 20.1 Å². The minimum atomic E-state index is 0.459. The Labute approximate surface area is 96.2 Å². The lowest BCUT2D eigenvalue weighted by atomic mass is 10.1. The molecule has 90 valence electrons. The number of aromatic nitrogens is 3. The van der Waals surface area contributed by atoms with Gasteiger partial charge in [0.2, 0.25) is 0 Å². The zero-order chi connectivity index (χ0) is 11.2. The van der Waals surface area contributed by atoms with Gasteiger partial charge in [-0.2, -0.15) is 0 Å². The summed E-state index contributed by atoms with van der Waals surface area (Å²) in [6, 6.07) is 0. The highest BCUT2D eigenvalue weighted by atomic mass is 16.5. The molecule has 1 unspecified atom stereocenters. The SMILES string of the molecule is Cn1cnnc1CNCCC1CCCCO1. The van der Waals surface area contributed by atoms with Crippen LogP contribution in [-0.4, -0.2) is 34.0 Å². The summed E-state index contributed by atoms with van der Waals surface area (Å²) < 4.78 is 7.60. The van der Waals surface area contributed by atoms with Crippen LogP contribution in [0.3, 0.4) is 0 Å². The summed E-state index contributed by atoms with van der Waals surface area (Å²) in [5.74, 6) is 0.976. The molecule has 1 atom stereocenters. The molecule has 1 saturated heterocycles. The number of hydrogen-bond donors (Lipinski definition) is 1. The molecule has 0 saturated carbocycles. The molecule has 1 N–H and O–H groups in total. The molecule has 1 aromatic rings. The average Bonchev–Trinajstić information content (AvgIpc) is 2.72. The predicted molar refractivity (Wildman–Crippen MR) is 60.9 cm³/mol. The van der Waals surface area contributed by atoms with E-state index in [0.29, 0.717) is 6.10 Å². The van der Waals surface area contributed by atoms with Crippen molar-refractivity contribution >= 4 is 0 Å². The van der Waals surface area contributed by atoms with Crippen molar-refractivity contribution in [3.63, 3.8) is 0 Å². The summed E-state index contributed by atoms with van der Waals surface area (Å²) in [5, 5.41) is 11.2. The predicted octanol–water partition coefficient (Wildman–Crippen LogP) is 0.864. The van der Waals surface area contributed by atoms with Crippen LogP contribution in [0.15, 0.2) is 6.33 Å². The van der Waals surface area contributed by atoms with Gasteiger partial charge in [0, 0.05) is 13.7 Å². The topological polar surface area (TPSA) is 52.0 Å². The first kappa shape index (κ1) is 11.5. The summed E-state index contributed by atoms with van der Waals surface area (Å²) >= 11 is 0. The fourth-order valence-corrected chi connectivity index (χ4v) is 1.97. The minimum absolute atomic E-state index is 0.459. The molecule has 5 heteroatoms. The van der Waals surface area contributed by atoms with Gasteiger partial charge in [-0.25, -0.2) is 0 Å². The maximum absolute atomic E-state index is 5.67. The molecule has 0 spiro atoms. The van der Waals surface area contributed by atoms with Crippen LogP contribution in [0.2, 0.25) is 0 Å². The van der Waals surface area contributed by atoms with Crippen LogP contribution in [0, 0.1) is 0 Å². The van der Waals surface area contributed by atoms with E-state index in [4.69, 9.17) is 4.74 Å². The van der Waals surface area contributed by atoms with E-state index < -0.39 is 0 Å². The van der Waals surface area contributed by atoms with E-state index in [9.17, 15) is 0 Å². The number of nitrogens with zero attached hydrogens (tertiary/aromatic N) is 3. The molecule has 5 nitrogen and oxygen atoms in total. The molecule has 0 amide bonds. The van der Waals surface area contributed by atoms with Gasteiger partial charge < -0.3 is 14.6 Å². The van der Waals surface area contributed by atoms with Crippen molar-refractivity contribution in [3.05, 3.63) is 12.2 Å². The number of nitrogens with one attached hydrogen (secondary N) is 1. The summed E-state index contributed by atoms with van der Waals surface area (Å²) in [6.45, 7) is 2.70. The highest BCUT2D eigenvalue weighted by Crippen LogP contribution is 2.14. The molecule has 0 aliphatic carbocycles. The van der Waals surface area contributed by atoms with Gasteiger partial charge in [0.05, 0.1) is 12.6 Å². The third-order valence-electron chi connectivity index (χ3n) is 3.01. The Morgan fingerprint density at radius 1 is 1.56 bits per heavy atom. The first-order valence-electron chi connectivity index (χ1n) is 6.01. The first-order valence-corrected chi connectivity index (χ1v) is 6.01. The van der Waals surface area contributed by atoms with Crippen LogP contribution < -0.4 is 5.32 Å². The Morgan fingerprint density at radius 3 is 3.19 bits per heavy atom. The number of hydrogen-bond acceptors (Lipinski definition) is 4. The van der Waals surface area contributed by atoms with Crippen LogP contribution in [0.25, 0.3) is 0 Å². The second-order valence-electron chi connectivity index (χ2n) is 4.31. The van der Waals surface area contributed by atoms with Crippen LogP contribution in [0.5, 0.6) is 0 Å². The Morgan fingerprint density at radius 2 is 2.50 bits per heavy atom. The molecule has 2 rings (SSSR count). The van der Waals surface area contributed by atoms with Crippen LogP contribution in [0.4, 0.5) is 0 Å². The van der Waals surface area contributed by atoms with Gasteiger partial charge in [-0.05, 0) is 32.2 Å². The van der Waals surface area contributed by atoms with Crippen molar-refractivity contribution in [2.75, 3.05) is 13.2 Å². The summed E-state index contributed by atoms with van der Waals surface area (Å²) in [6.07, 6.45) is 7.03. The summed E-state index contributed by atoms with van der Waals surface area (Å²) in [4.78, 5) is 0. The van der Waals surface area contributed by atoms with E-state index in [1.807, 2.05) is 11.6 Å². The highest BCUT2D eigenvalue weighted by Gasteiger charge is 2.12. The van der Waals surface area contributed by atoms with Crippen molar-refractivity contribution < 1.29 is 4.74 Å². The lowest BCUT2D eigenvalue weighted by Gasteiger charge is -2.22. The van der Waals surface area contributed by atoms with E-state index >= 15 is 0 Å². The lowest BCUT2D eigenvalue weighted by molar-refractivity contribution is 0.0115. The second-order valence-corrected chi connectivity index (χ2v) is 4.31. The zero-order valence-corrected chi connectivity index (χ0v) is 9.85. The first-order chi connectivity index (χ1) is 7.86. The summed E-state index contributed by atoms with van der Waals surface area (Å²) in [7, 11) is 1.96. The normalized spacial score (nSPS) is 21.2. The minimum Gasteiger partial charge on any atom is -0.378 e. The van der Waals surface area contributed by atoms with Gasteiger partial charge in [0.25, 0.3) is 0 Å². The van der Waals surface area contributed by atoms with Crippen molar-refractivity contribution in [1.29, 1.82) is 0 Å². The van der Waals surface area contributed by atoms with Gasteiger partial charge in [-0.3, -0.25) is 0 Å². The quantitative estimate of drug-likeness (QED) is 0.754. The summed E-state index contributed by atoms with van der Waals surface area (Å²) in [5.41, 5.74) is 0. The molecule has 0 radical (unpaired) electrons. The van der Waals surface area contributed by atoms with Gasteiger partial charge in [0.1, 0.15) is 12.2 Å². The monoisotopic (exact) mass is 224 g/mol. The van der Waals surface area contributed by atoms with E-state index in [1.54, 1.807) is 6.33 Å². The Kier molecular flexibility index (Phi) is 4.30. The van der Waals surface area contributed by atoms with Crippen LogP contribution in [0.1, 0.15) is 31.5 Å². The fraction of sp³-hybridized carbons (Fsp3) is 0.818. The Bertz CT molecular complexity index is 307. The molecule has 1 fully saturated rings. The highest BCUT2D eigenvalue weighted by molar-refractivity contribution is 4.83. The average molecular weight is 224 g/mol. The van der Waals surface area contributed by atoms with Gasteiger partial charge in [0.15, 0.2) is 0 Å². The van der Waals surface area contributed by atoms with E-state index in [0.717, 1.165) is 31.9 Å². The Balaban J connectivity index is 1.59. The third kappa shape index (κ3) is 3.28. The number of rotatable bonds is 5. The van der Waals surface area contributed by atoms with Crippen molar-refractivity contribution in [3.8, 4) is 0 Å². The fourth-order valence-electron chi connectivity index (χ4n) is 1.97. The second kappa shape index (κ2) is 5.96. The van der Waals surface area contributed by atoms with E-state index in [1.165, 1.54) is 19.3 Å². The van der Waals surface area contributed by atoms with Gasteiger partial charge >= 0.3 is 0 Å². The standard InChI is InChI=1S/C11H20N4O/c1-15-9-13-14-11(15)8-12-6-5-10-4-2-3-7-16-10/h9-10,12H,2-8H2,1H3. The Hall–Kier alpha value is -0.940. The zero-order valence-electron chi connectivity index (χ0n) is 9.85. The molecular weight excluding hydrogens is 204 g/mol. The van der Waals surface area contributed by atoms with E-state index in [2.05, 4.69) is 15.5 Å². The van der Waals surface area contributed by atoms with E-state index in [-0.39, 0.29) is 0 Å². The molecule has 0 bridgehead atoms. The third-order valence-corrected chi connectivity index (χ3v) is 3.01.